The van der Waals surface area contributed by atoms with Crippen molar-refractivity contribution in [3.05, 3.63) is 130 Å². The first-order valence-electron chi connectivity index (χ1n) is 18.4. The zero-order valence-corrected chi connectivity index (χ0v) is 29.8. The van der Waals surface area contributed by atoms with E-state index in [0.29, 0.717) is 0 Å². The SMILES string of the molecule is C[C@@H]1[C@H](CN2CCC(n3c(=O)[nH]c4ccccc43)CC2)O[C@H](c2ccc(-c3ccccc3CNC(=O)CCC(=O)O)cc2)O[C@@H]1c1ccc(CO)cc1. The molecule has 1 amide bonds. The molecule has 0 radical (unpaired) electrons. The topological polar surface area (TPSA) is 146 Å². The molecule has 0 saturated carbocycles. The number of carboxylic acid groups (broad SMARTS) is 1. The average Bonchev–Trinajstić information content (AvgIpc) is 3.53. The number of benzene rings is 4. The second-order valence-electron chi connectivity index (χ2n) is 14.1. The number of aromatic amines is 1. The van der Waals surface area contributed by atoms with Gasteiger partial charge in [0.1, 0.15) is 0 Å². The summed E-state index contributed by atoms with van der Waals surface area (Å²) < 4.78 is 15.4. The second kappa shape index (κ2) is 16.3. The molecule has 0 unspecified atom stereocenters. The number of piperidine rings is 1. The van der Waals surface area contributed by atoms with Crippen LogP contribution >= 0.6 is 0 Å². The summed E-state index contributed by atoms with van der Waals surface area (Å²) >= 11 is 0. The fourth-order valence-corrected chi connectivity index (χ4v) is 7.66. The number of nitrogens with zero attached hydrogens (tertiary/aromatic N) is 2. The molecule has 2 saturated heterocycles. The molecule has 7 rings (SSSR count). The number of likely N-dealkylation sites (tertiary alicyclic amines) is 1. The summed E-state index contributed by atoms with van der Waals surface area (Å²) in [6.45, 7) is 4.85. The van der Waals surface area contributed by atoms with Crippen LogP contribution in [0.15, 0.2) is 102 Å². The number of amides is 1. The van der Waals surface area contributed by atoms with Gasteiger partial charge in [-0.15, -0.1) is 0 Å². The van der Waals surface area contributed by atoms with E-state index in [9.17, 15) is 19.5 Å². The molecule has 276 valence electrons. The number of para-hydroxylation sites is 2. The minimum absolute atomic E-state index is 0.0249. The van der Waals surface area contributed by atoms with Gasteiger partial charge in [-0.05, 0) is 52.8 Å². The van der Waals surface area contributed by atoms with Gasteiger partial charge in [0.25, 0.3) is 0 Å². The maximum absolute atomic E-state index is 12.9. The third-order valence-electron chi connectivity index (χ3n) is 10.7. The van der Waals surface area contributed by atoms with Gasteiger partial charge in [-0.3, -0.25) is 14.2 Å². The maximum Gasteiger partial charge on any atom is 0.326 e. The molecule has 2 fully saturated rings. The number of aliphatic hydroxyl groups excluding tert-OH is 1. The Kier molecular flexibility index (Phi) is 11.2. The number of fused-ring (bicyclic) bond motifs is 1. The minimum Gasteiger partial charge on any atom is -0.481 e. The highest BCUT2D eigenvalue weighted by atomic mass is 16.7. The van der Waals surface area contributed by atoms with Gasteiger partial charge in [-0.1, -0.05) is 91.9 Å². The number of aliphatic carboxylic acids is 1. The van der Waals surface area contributed by atoms with Crippen molar-refractivity contribution >= 4 is 22.9 Å². The second-order valence-corrected chi connectivity index (χ2v) is 14.1. The summed E-state index contributed by atoms with van der Waals surface area (Å²) in [5, 5.41) is 21.4. The molecule has 0 bridgehead atoms. The number of aromatic nitrogens is 2. The van der Waals surface area contributed by atoms with E-state index in [0.717, 1.165) is 76.9 Å². The smallest absolute Gasteiger partial charge is 0.326 e. The largest absolute Gasteiger partial charge is 0.481 e. The van der Waals surface area contributed by atoms with Crippen molar-refractivity contribution in [2.45, 2.75) is 70.3 Å². The highest BCUT2D eigenvalue weighted by Gasteiger charge is 2.39. The predicted molar refractivity (Wildman–Crippen MR) is 201 cm³/mol. The molecule has 0 spiro atoms. The molecular formula is C42H46N4O7. The van der Waals surface area contributed by atoms with Crippen LogP contribution in [0, 0.1) is 5.92 Å². The van der Waals surface area contributed by atoms with Crippen molar-refractivity contribution in [2.75, 3.05) is 19.6 Å². The lowest BCUT2D eigenvalue weighted by molar-refractivity contribution is -0.276. The molecule has 1 aromatic heterocycles. The van der Waals surface area contributed by atoms with E-state index in [1.54, 1.807) is 0 Å². The van der Waals surface area contributed by atoms with E-state index < -0.39 is 12.3 Å². The molecule has 4 aromatic carbocycles. The van der Waals surface area contributed by atoms with Gasteiger partial charge < -0.3 is 34.9 Å². The van der Waals surface area contributed by atoms with Crippen LogP contribution in [0.25, 0.3) is 22.2 Å². The van der Waals surface area contributed by atoms with Gasteiger partial charge in [-0.2, -0.15) is 0 Å². The minimum atomic E-state index is -1.00. The Morgan fingerprint density at radius 1 is 0.868 bits per heavy atom. The van der Waals surface area contributed by atoms with Crippen LogP contribution in [0.5, 0.6) is 0 Å². The molecule has 4 N–H and O–H groups in total. The van der Waals surface area contributed by atoms with Crippen molar-refractivity contribution < 1.29 is 29.3 Å². The van der Waals surface area contributed by atoms with Crippen molar-refractivity contribution in [3.63, 3.8) is 0 Å². The van der Waals surface area contributed by atoms with Gasteiger partial charge in [-0.25, -0.2) is 4.79 Å². The molecule has 11 heteroatoms. The Balaban J connectivity index is 1.07. The number of carbonyl (C=O) groups is 2. The van der Waals surface area contributed by atoms with Crippen LogP contribution in [-0.4, -0.2) is 62.3 Å². The van der Waals surface area contributed by atoms with Crippen LogP contribution in [-0.2, 0) is 32.2 Å². The molecule has 11 nitrogen and oxygen atoms in total. The Morgan fingerprint density at radius 3 is 2.30 bits per heavy atom. The summed E-state index contributed by atoms with van der Waals surface area (Å²) in [6.07, 6.45) is 0.478. The number of carbonyl (C=O) groups excluding carboxylic acids is 1. The summed E-state index contributed by atoms with van der Waals surface area (Å²) in [6, 6.07) is 31.8. The number of hydrogen-bond donors (Lipinski definition) is 4. The highest BCUT2D eigenvalue weighted by Crippen LogP contribution is 2.42. The van der Waals surface area contributed by atoms with Crippen molar-refractivity contribution in [2.24, 2.45) is 5.92 Å². The third-order valence-corrected chi connectivity index (χ3v) is 10.7. The molecule has 53 heavy (non-hydrogen) atoms. The van der Waals surface area contributed by atoms with Crippen LogP contribution in [0.2, 0.25) is 0 Å². The number of hydrogen-bond acceptors (Lipinski definition) is 7. The number of carboxylic acids is 1. The number of ether oxygens (including phenoxy) is 2. The van der Waals surface area contributed by atoms with Crippen LogP contribution < -0.4 is 11.0 Å². The van der Waals surface area contributed by atoms with Crippen LogP contribution in [0.4, 0.5) is 0 Å². The van der Waals surface area contributed by atoms with E-state index in [-0.39, 0.29) is 61.8 Å². The number of rotatable bonds is 12. The van der Waals surface area contributed by atoms with Gasteiger partial charge in [0.15, 0.2) is 6.29 Å². The molecule has 0 aliphatic carbocycles. The first-order chi connectivity index (χ1) is 25.8. The number of H-pyrrole nitrogens is 1. The predicted octanol–water partition coefficient (Wildman–Crippen LogP) is 6.10. The first-order valence-corrected chi connectivity index (χ1v) is 18.4. The summed E-state index contributed by atoms with van der Waals surface area (Å²) in [7, 11) is 0. The number of imidazole rings is 1. The van der Waals surface area contributed by atoms with Crippen molar-refractivity contribution in [3.8, 4) is 11.1 Å². The third kappa shape index (κ3) is 8.29. The van der Waals surface area contributed by atoms with E-state index in [1.807, 2.05) is 102 Å². The zero-order valence-electron chi connectivity index (χ0n) is 29.8. The Labute approximate surface area is 308 Å². The van der Waals surface area contributed by atoms with Gasteiger partial charge >= 0.3 is 11.7 Å². The lowest BCUT2D eigenvalue weighted by Crippen LogP contribution is -2.47. The molecule has 4 atom stereocenters. The molecule has 3 heterocycles. The normalized spacial score (nSPS) is 21.1. The Bertz CT molecular complexity index is 2080. The highest BCUT2D eigenvalue weighted by molar-refractivity contribution is 5.81. The van der Waals surface area contributed by atoms with E-state index in [2.05, 4.69) is 22.1 Å². The first kappa shape index (κ1) is 36.3. The van der Waals surface area contributed by atoms with Crippen LogP contribution in [0.1, 0.15) is 73.3 Å². The Hall–Kier alpha value is -5.07. The standard InChI is InChI=1S/C42H46N4O7/c1-27-37(25-45-22-20-33(21-23-45)46-36-9-5-4-8-35(36)44-42(46)51)52-41(53-40(27)30-12-10-28(26-47)11-13-30)31-16-14-29(15-17-31)34-7-3-2-6-32(34)24-43-38(48)18-19-39(49)50/h2-17,27,33,37,40-41,47H,18-26H2,1H3,(H,43,48)(H,44,51)(H,49,50)/t27-,37+,40+,41+/m1/s1. The zero-order chi connectivity index (χ0) is 36.9. The molecule has 5 aromatic rings. The summed E-state index contributed by atoms with van der Waals surface area (Å²) in [4.78, 5) is 41.4. The van der Waals surface area contributed by atoms with Gasteiger partial charge in [0.05, 0.1) is 36.3 Å². The lowest BCUT2D eigenvalue weighted by Gasteiger charge is -2.44. The van der Waals surface area contributed by atoms with E-state index in [4.69, 9.17) is 14.6 Å². The number of nitrogens with one attached hydrogen (secondary N) is 2. The monoisotopic (exact) mass is 718 g/mol. The molecular weight excluding hydrogens is 672 g/mol. The van der Waals surface area contributed by atoms with E-state index >= 15 is 0 Å². The Morgan fingerprint density at radius 2 is 1.57 bits per heavy atom. The molecule has 2 aliphatic heterocycles. The fraction of sp³-hybridized carbons (Fsp3) is 0.357. The lowest BCUT2D eigenvalue weighted by atomic mass is 9.89. The summed E-state index contributed by atoms with van der Waals surface area (Å²) in [5.74, 6) is -1.26. The summed E-state index contributed by atoms with van der Waals surface area (Å²) in [5.41, 5.74) is 7.38. The number of aliphatic hydroxyl groups is 1. The van der Waals surface area contributed by atoms with Crippen molar-refractivity contribution in [1.29, 1.82) is 0 Å². The van der Waals surface area contributed by atoms with Gasteiger partial charge in [0, 0.05) is 50.1 Å². The maximum atomic E-state index is 12.9. The van der Waals surface area contributed by atoms with Crippen LogP contribution in [0.3, 0.4) is 0 Å². The molecule has 2 aliphatic rings. The van der Waals surface area contributed by atoms with Crippen molar-refractivity contribution in [1.82, 2.24) is 19.8 Å². The average molecular weight is 719 g/mol. The van der Waals surface area contributed by atoms with E-state index in [1.165, 1.54) is 0 Å². The van der Waals surface area contributed by atoms with Gasteiger partial charge in [0.2, 0.25) is 5.91 Å². The fourth-order valence-electron chi connectivity index (χ4n) is 7.66. The quantitative estimate of drug-likeness (QED) is 0.121.